The van der Waals surface area contributed by atoms with Crippen molar-refractivity contribution in [3.05, 3.63) is 29.9 Å². The minimum Gasteiger partial charge on any atom is -0.351 e. The van der Waals surface area contributed by atoms with Gasteiger partial charge in [0.05, 0.1) is 0 Å². The molecule has 1 aromatic heterocycles. The fourth-order valence-corrected chi connectivity index (χ4v) is 0.988. The summed E-state index contributed by atoms with van der Waals surface area (Å²) in [6.07, 6.45) is 2.99. The topological polar surface area (TPSA) is 82.8 Å². The maximum absolute atomic E-state index is 10.4. The van der Waals surface area contributed by atoms with Gasteiger partial charge in [-0.1, -0.05) is 0 Å². The molecule has 1 heterocycles. The van der Waals surface area contributed by atoms with Crippen molar-refractivity contribution >= 4 is 16.4 Å². The van der Waals surface area contributed by atoms with Crippen LogP contribution >= 0.6 is 0 Å². The van der Waals surface area contributed by atoms with Crippen molar-refractivity contribution in [2.24, 2.45) is 0 Å². The Morgan fingerprint density at radius 2 is 2.08 bits per heavy atom. The molecule has 0 spiro atoms. The molecule has 0 atom stereocenters. The molecule has 0 saturated carbocycles. The van der Waals surface area contributed by atoms with Gasteiger partial charge in [-0.3, -0.25) is 4.98 Å². The minimum absolute atomic E-state index is 0.374. The molecule has 0 aromatic carbocycles. The second-order valence-electron chi connectivity index (χ2n) is 2.08. The summed E-state index contributed by atoms with van der Waals surface area (Å²) in [5.41, 5.74) is 0.519. The highest BCUT2D eigenvalue weighted by Gasteiger charge is 2.10. The van der Waals surface area contributed by atoms with Crippen LogP contribution in [0.15, 0.2) is 24.5 Å². The van der Waals surface area contributed by atoms with Crippen molar-refractivity contribution in [3.8, 4) is 6.07 Å². The van der Waals surface area contributed by atoms with Gasteiger partial charge in [0, 0.05) is 18.1 Å². The lowest BCUT2D eigenvalue weighted by Crippen LogP contribution is -2.08. The van der Waals surface area contributed by atoms with Crippen molar-refractivity contribution in [2.75, 3.05) is 5.32 Å². The van der Waals surface area contributed by atoms with Crippen LogP contribution in [0.25, 0.3) is 0 Å². The molecule has 13 heavy (non-hydrogen) atoms. The van der Waals surface area contributed by atoms with Gasteiger partial charge < -0.3 is 5.32 Å². The Hall–Kier alpha value is -1.61. The third-order valence-electron chi connectivity index (χ3n) is 1.23. The maximum atomic E-state index is 10.4. The molecule has 1 radical (unpaired) electrons. The van der Waals surface area contributed by atoms with Crippen molar-refractivity contribution in [2.45, 2.75) is 0 Å². The molecule has 1 N–H and O–H groups in total. The summed E-state index contributed by atoms with van der Waals surface area (Å²) in [4.78, 5) is 3.74. The summed E-state index contributed by atoms with van der Waals surface area (Å²) in [6.45, 7) is 0. The number of rotatable bonds is 3. The van der Waals surface area contributed by atoms with Crippen LogP contribution in [-0.2, 0) is 10.7 Å². The lowest BCUT2D eigenvalue weighted by atomic mass is 10.4. The first kappa shape index (κ1) is 9.48. The number of aromatic nitrogens is 1. The molecule has 67 valence electrons. The van der Waals surface area contributed by atoms with Gasteiger partial charge in [0.15, 0.2) is 10.7 Å². The van der Waals surface area contributed by atoms with Gasteiger partial charge in [0.2, 0.25) is 0 Å². The summed E-state index contributed by atoms with van der Waals surface area (Å²) < 4.78 is 20.9. The van der Waals surface area contributed by atoms with Crippen LogP contribution in [-0.4, -0.2) is 13.4 Å². The molecule has 0 amide bonds. The molecule has 0 fully saturated rings. The number of hydrogen-bond acceptors (Lipinski definition) is 5. The van der Waals surface area contributed by atoms with Gasteiger partial charge in [0.25, 0.3) is 5.37 Å². The fraction of sp³-hybridized carbons (Fsp3) is 0. The monoisotopic (exact) mass is 196 g/mol. The molecule has 1 aromatic rings. The molecular formula is C7H6N3O2S. The van der Waals surface area contributed by atoms with Crippen LogP contribution < -0.4 is 5.32 Å². The highest BCUT2D eigenvalue weighted by atomic mass is 32.2. The average molecular weight is 196 g/mol. The number of nitrogens with one attached hydrogen (secondary N) is 1. The third kappa shape index (κ3) is 2.72. The summed E-state index contributed by atoms with van der Waals surface area (Å²) in [6, 6.07) is 4.67. The average Bonchev–Trinajstić information content (AvgIpc) is 2.15. The Bertz CT molecular complexity index is 374. The molecule has 0 aliphatic heterocycles. The first-order valence-electron chi connectivity index (χ1n) is 3.32. The summed E-state index contributed by atoms with van der Waals surface area (Å²) in [5, 5.41) is 10.5. The lowest BCUT2D eigenvalue weighted by molar-refractivity contribution is 0.617. The van der Waals surface area contributed by atoms with E-state index in [9.17, 15) is 8.42 Å². The molecule has 0 saturated heterocycles. The zero-order valence-corrected chi connectivity index (χ0v) is 7.36. The largest absolute Gasteiger partial charge is 0.351 e. The van der Waals surface area contributed by atoms with E-state index in [1.165, 1.54) is 18.5 Å². The predicted octanol–water partition coefficient (Wildman–Crippen LogP) is 0.118. The quantitative estimate of drug-likeness (QED) is 0.671. The van der Waals surface area contributed by atoms with Crippen LogP contribution in [0, 0.1) is 16.7 Å². The van der Waals surface area contributed by atoms with Crippen molar-refractivity contribution in [1.82, 2.24) is 4.98 Å². The number of pyridine rings is 1. The first-order valence-corrected chi connectivity index (χ1v) is 4.50. The zero-order valence-electron chi connectivity index (χ0n) is 6.47. The molecule has 0 aliphatic rings. The summed E-state index contributed by atoms with van der Waals surface area (Å²) in [7, 11) is -2.86. The van der Waals surface area contributed by atoms with Crippen LogP contribution in [0.5, 0.6) is 0 Å². The third-order valence-corrected chi connectivity index (χ3v) is 1.81. The molecular weight excluding hydrogens is 190 g/mol. The maximum Gasteiger partial charge on any atom is 0.275 e. The van der Waals surface area contributed by atoms with Crippen molar-refractivity contribution < 1.29 is 8.42 Å². The molecule has 1 rings (SSSR count). The molecule has 5 nitrogen and oxygen atoms in total. The van der Waals surface area contributed by atoms with Crippen LogP contribution in [0.2, 0.25) is 0 Å². The molecule has 0 aliphatic carbocycles. The Morgan fingerprint density at radius 3 is 2.54 bits per heavy atom. The standard InChI is InChI=1S/C7H6N3O2S/c8-5-7(13(11)12)10-6-1-3-9-4-2-6/h1-4,13H,(H,9,10). The van der Waals surface area contributed by atoms with E-state index in [2.05, 4.69) is 10.3 Å². The zero-order chi connectivity index (χ0) is 9.68. The van der Waals surface area contributed by atoms with E-state index in [1.54, 1.807) is 12.1 Å². The van der Waals surface area contributed by atoms with Gasteiger partial charge in [0.1, 0.15) is 6.07 Å². The van der Waals surface area contributed by atoms with E-state index < -0.39 is 10.7 Å². The van der Waals surface area contributed by atoms with Crippen molar-refractivity contribution in [1.29, 1.82) is 5.26 Å². The van der Waals surface area contributed by atoms with E-state index in [0.717, 1.165) is 0 Å². The van der Waals surface area contributed by atoms with Gasteiger partial charge >= 0.3 is 0 Å². The van der Waals surface area contributed by atoms with Crippen LogP contribution in [0.1, 0.15) is 0 Å². The number of hydrogen-bond donors (Lipinski definition) is 2. The second-order valence-corrected chi connectivity index (χ2v) is 3.04. The van der Waals surface area contributed by atoms with Gasteiger partial charge in [-0.05, 0) is 12.1 Å². The Morgan fingerprint density at radius 1 is 1.46 bits per heavy atom. The van der Waals surface area contributed by atoms with E-state index in [4.69, 9.17) is 5.26 Å². The molecule has 0 unspecified atom stereocenters. The van der Waals surface area contributed by atoms with E-state index in [1.807, 2.05) is 0 Å². The lowest BCUT2D eigenvalue weighted by Gasteiger charge is -2.03. The highest BCUT2D eigenvalue weighted by molar-refractivity contribution is 7.76. The predicted molar refractivity (Wildman–Crippen MR) is 47.0 cm³/mol. The SMILES string of the molecule is N#C[C](Nc1ccncc1)[SH](=O)=O. The van der Waals surface area contributed by atoms with Gasteiger partial charge in [-0.15, -0.1) is 0 Å². The number of anilines is 1. The fourth-order valence-electron chi connectivity index (χ4n) is 0.686. The van der Waals surface area contributed by atoms with E-state index in [0.29, 0.717) is 5.69 Å². The number of nitriles is 1. The Balaban J connectivity index is 2.75. The van der Waals surface area contributed by atoms with Crippen LogP contribution in [0.3, 0.4) is 0 Å². The second kappa shape index (κ2) is 4.42. The Labute approximate surface area is 77.0 Å². The number of thiol groups is 1. The summed E-state index contributed by atoms with van der Waals surface area (Å²) in [5.74, 6) is 0. The van der Waals surface area contributed by atoms with Gasteiger partial charge in [-0.25, -0.2) is 8.42 Å². The Kier molecular flexibility index (Phi) is 3.23. The normalized spacial score (nSPS) is 9.92. The summed E-state index contributed by atoms with van der Waals surface area (Å²) >= 11 is 0. The van der Waals surface area contributed by atoms with Crippen LogP contribution in [0.4, 0.5) is 5.69 Å². The first-order chi connectivity index (χ1) is 6.24. The van der Waals surface area contributed by atoms with Gasteiger partial charge in [-0.2, -0.15) is 5.26 Å². The highest BCUT2D eigenvalue weighted by Crippen LogP contribution is 2.09. The van der Waals surface area contributed by atoms with E-state index >= 15 is 0 Å². The van der Waals surface area contributed by atoms with E-state index in [-0.39, 0.29) is 5.37 Å². The minimum atomic E-state index is -2.86. The number of nitrogens with zero attached hydrogens (tertiary/aromatic N) is 2. The smallest absolute Gasteiger partial charge is 0.275 e. The molecule has 0 bridgehead atoms. The molecule has 6 heteroatoms. The van der Waals surface area contributed by atoms with Crippen molar-refractivity contribution in [3.63, 3.8) is 0 Å².